The highest BCUT2D eigenvalue weighted by Gasteiger charge is 2.34. The van der Waals surface area contributed by atoms with Gasteiger partial charge in [0.05, 0.1) is 26.0 Å². The van der Waals surface area contributed by atoms with Crippen molar-refractivity contribution < 1.29 is 23.7 Å². The Morgan fingerprint density at radius 1 is 1.06 bits per heavy atom. The van der Waals surface area contributed by atoms with Gasteiger partial charge < -0.3 is 23.7 Å². The first-order valence-corrected chi connectivity index (χ1v) is 11.3. The minimum Gasteiger partial charge on any atom is -0.497 e. The van der Waals surface area contributed by atoms with E-state index in [0.29, 0.717) is 12.3 Å². The van der Waals surface area contributed by atoms with Gasteiger partial charge in [0.2, 0.25) is 0 Å². The Bertz CT molecular complexity index is 891. The third-order valence-electron chi connectivity index (χ3n) is 5.64. The second-order valence-electron chi connectivity index (χ2n) is 8.22. The van der Waals surface area contributed by atoms with Crippen LogP contribution in [0.15, 0.2) is 42.6 Å². The summed E-state index contributed by atoms with van der Waals surface area (Å²) in [5, 5.41) is 0. The highest BCUT2D eigenvalue weighted by molar-refractivity contribution is 5.32. The monoisotopic (exact) mass is 437 g/mol. The van der Waals surface area contributed by atoms with Crippen molar-refractivity contribution in [2.45, 2.75) is 70.2 Å². The van der Waals surface area contributed by atoms with Gasteiger partial charge in [0.15, 0.2) is 6.29 Å². The molecule has 2 fully saturated rings. The van der Waals surface area contributed by atoms with Crippen molar-refractivity contribution in [1.82, 2.24) is 4.98 Å². The third kappa shape index (κ3) is 6.70. The fourth-order valence-electron chi connectivity index (χ4n) is 3.63. The van der Waals surface area contributed by atoms with Gasteiger partial charge in [0, 0.05) is 19.4 Å². The second kappa shape index (κ2) is 11.3. The molecule has 1 saturated heterocycles. The third-order valence-corrected chi connectivity index (χ3v) is 5.64. The van der Waals surface area contributed by atoms with E-state index in [2.05, 4.69) is 16.8 Å². The van der Waals surface area contributed by atoms with Crippen molar-refractivity contribution >= 4 is 0 Å². The molecule has 0 N–H and O–H groups in total. The Morgan fingerprint density at radius 3 is 2.56 bits per heavy atom. The van der Waals surface area contributed by atoms with Crippen molar-refractivity contribution in [2.75, 3.05) is 13.7 Å². The first-order valence-electron chi connectivity index (χ1n) is 11.3. The first kappa shape index (κ1) is 22.6. The molecule has 2 aliphatic rings. The number of methoxy groups -OCH3 is 1. The van der Waals surface area contributed by atoms with Gasteiger partial charge in [-0.15, -0.1) is 0 Å². The minimum atomic E-state index is -0.199. The van der Waals surface area contributed by atoms with Gasteiger partial charge in [-0.25, -0.2) is 4.98 Å². The van der Waals surface area contributed by atoms with Gasteiger partial charge in [-0.1, -0.05) is 18.1 Å². The molecule has 0 amide bonds. The molecular formula is C26H31NO5. The van der Waals surface area contributed by atoms with Crippen LogP contribution in [0.3, 0.4) is 0 Å². The maximum atomic E-state index is 5.99. The van der Waals surface area contributed by atoms with Gasteiger partial charge in [-0.05, 0) is 61.9 Å². The van der Waals surface area contributed by atoms with Crippen LogP contribution in [-0.4, -0.2) is 43.3 Å². The van der Waals surface area contributed by atoms with E-state index in [4.69, 9.17) is 23.7 Å². The van der Waals surface area contributed by atoms with Crippen LogP contribution in [0, 0.1) is 11.8 Å². The summed E-state index contributed by atoms with van der Waals surface area (Å²) in [6.07, 6.45) is 7.02. The molecule has 1 aromatic heterocycles. The molecule has 4 rings (SSSR count). The van der Waals surface area contributed by atoms with Crippen LogP contribution in [0.4, 0.5) is 0 Å². The zero-order valence-electron chi connectivity index (χ0n) is 18.8. The number of ether oxygens (including phenoxy) is 5. The van der Waals surface area contributed by atoms with E-state index in [-0.39, 0.29) is 24.6 Å². The zero-order valence-corrected chi connectivity index (χ0v) is 18.8. The lowest BCUT2D eigenvalue weighted by molar-refractivity contribution is -0.214. The number of pyridine rings is 1. The van der Waals surface area contributed by atoms with Crippen LogP contribution >= 0.6 is 0 Å². The number of benzene rings is 1. The van der Waals surface area contributed by atoms with E-state index in [1.165, 1.54) is 6.42 Å². The number of rotatable bonds is 8. The summed E-state index contributed by atoms with van der Waals surface area (Å²) in [5.74, 6) is 7.75. The van der Waals surface area contributed by atoms with E-state index >= 15 is 0 Å². The molecule has 2 unspecified atom stereocenters. The van der Waals surface area contributed by atoms with Gasteiger partial charge in [0.1, 0.15) is 29.4 Å². The largest absolute Gasteiger partial charge is 0.497 e. The van der Waals surface area contributed by atoms with Crippen molar-refractivity contribution in [3.8, 4) is 23.3 Å². The predicted octanol–water partition coefficient (Wildman–Crippen LogP) is 4.50. The summed E-state index contributed by atoms with van der Waals surface area (Å²) in [6, 6.07) is 11.6. The van der Waals surface area contributed by atoms with Gasteiger partial charge in [-0.2, -0.15) is 0 Å². The SMILES string of the molecule is COc1ccc(COC(C)C#Cc2ccc(O[C@H]3C[C@H](OC4CCCCO4)C3)cn2)cc1. The van der Waals surface area contributed by atoms with Gasteiger partial charge >= 0.3 is 0 Å². The Morgan fingerprint density at radius 2 is 1.88 bits per heavy atom. The molecule has 0 radical (unpaired) electrons. The fraction of sp³-hybridized carbons (Fsp3) is 0.500. The highest BCUT2D eigenvalue weighted by Crippen LogP contribution is 2.30. The number of aromatic nitrogens is 1. The van der Waals surface area contributed by atoms with Crippen molar-refractivity contribution in [2.24, 2.45) is 0 Å². The second-order valence-corrected chi connectivity index (χ2v) is 8.22. The smallest absolute Gasteiger partial charge is 0.157 e. The van der Waals surface area contributed by atoms with E-state index in [9.17, 15) is 0 Å². The van der Waals surface area contributed by atoms with Crippen molar-refractivity contribution in [3.63, 3.8) is 0 Å². The van der Waals surface area contributed by atoms with E-state index in [1.54, 1.807) is 13.3 Å². The summed E-state index contributed by atoms with van der Waals surface area (Å²) in [6.45, 7) is 3.24. The summed E-state index contributed by atoms with van der Waals surface area (Å²) >= 11 is 0. The molecule has 1 aliphatic carbocycles. The standard InChI is InChI=1S/C26H31NO5/c1-19(30-18-20-7-11-22(28-2)12-8-20)6-9-21-10-13-23(17-27-21)31-24-15-25(16-24)32-26-5-3-4-14-29-26/h7-8,10-13,17,19,24-26H,3-5,14-16,18H2,1-2H3/t19?,24-,25-,26?. The number of hydrogen-bond donors (Lipinski definition) is 0. The summed E-state index contributed by atoms with van der Waals surface area (Å²) in [5.41, 5.74) is 1.77. The van der Waals surface area contributed by atoms with E-state index in [0.717, 1.165) is 49.4 Å². The average Bonchev–Trinajstić information content (AvgIpc) is 2.82. The van der Waals surface area contributed by atoms with Crippen LogP contribution in [-0.2, 0) is 20.8 Å². The maximum Gasteiger partial charge on any atom is 0.157 e. The van der Waals surface area contributed by atoms with E-state index in [1.807, 2.05) is 43.3 Å². The van der Waals surface area contributed by atoms with E-state index < -0.39 is 0 Å². The first-order chi connectivity index (χ1) is 15.7. The lowest BCUT2D eigenvalue weighted by Crippen LogP contribution is -2.42. The molecule has 32 heavy (non-hydrogen) atoms. The predicted molar refractivity (Wildman–Crippen MR) is 120 cm³/mol. The topological polar surface area (TPSA) is 59.0 Å². The van der Waals surface area contributed by atoms with Crippen LogP contribution < -0.4 is 9.47 Å². The Hall–Kier alpha value is -2.59. The normalized spacial score (nSPS) is 23.4. The Balaban J connectivity index is 1.17. The lowest BCUT2D eigenvalue weighted by atomic mass is 9.92. The Labute approximate surface area is 190 Å². The van der Waals surface area contributed by atoms with Crippen LogP contribution in [0.1, 0.15) is 50.3 Å². The minimum absolute atomic E-state index is 0.0307. The molecule has 2 heterocycles. The number of nitrogens with zero attached hydrogens (tertiary/aromatic N) is 1. The molecule has 6 heteroatoms. The molecule has 1 aliphatic heterocycles. The summed E-state index contributed by atoms with van der Waals surface area (Å²) in [7, 11) is 1.65. The molecular weight excluding hydrogens is 406 g/mol. The fourth-order valence-corrected chi connectivity index (χ4v) is 3.63. The van der Waals surface area contributed by atoms with Gasteiger partial charge in [0.25, 0.3) is 0 Å². The molecule has 0 spiro atoms. The molecule has 170 valence electrons. The van der Waals surface area contributed by atoms with Crippen LogP contribution in [0.2, 0.25) is 0 Å². The van der Waals surface area contributed by atoms with Crippen LogP contribution in [0.5, 0.6) is 11.5 Å². The summed E-state index contributed by atoms with van der Waals surface area (Å²) < 4.78 is 28.6. The lowest BCUT2D eigenvalue weighted by Gasteiger charge is -2.37. The van der Waals surface area contributed by atoms with Crippen molar-refractivity contribution in [1.29, 1.82) is 0 Å². The van der Waals surface area contributed by atoms with Crippen LogP contribution in [0.25, 0.3) is 0 Å². The number of hydrogen-bond acceptors (Lipinski definition) is 6. The summed E-state index contributed by atoms with van der Waals surface area (Å²) in [4.78, 5) is 4.39. The van der Waals surface area contributed by atoms with Crippen molar-refractivity contribution in [3.05, 3.63) is 53.9 Å². The molecule has 0 bridgehead atoms. The average molecular weight is 438 g/mol. The zero-order chi connectivity index (χ0) is 22.2. The molecule has 1 saturated carbocycles. The molecule has 2 aromatic rings. The maximum absolute atomic E-state index is 5.99. The molecule has 2 atom stereocenters. The molecule has 1 aromatic carbocycles. The molecule has 6 nitrogen and oxygen atoms in total. The quantitative estimate of drug-likeness (QED) is 0.567. The highest BCUT2D eigenvalue weighted by atomic mass is 16.7. The van der Waals surface area contributed by atoms with Gasteiger partial charge in [-0.3, -0.25) is 0 Å². The Kier molecular flexibility index (Phi) is 8.00.